The van der Waals surface area contributed by atoms with Gasteiger partial charge in [0.15, 0.2) is 6.10 Å². The Morgan fingerprint density at radius 2 is 1.66 bits per heavy atom. The molecule has 0 aliphatic carbocycles. The minimum Gasteiger partial charge on any atom is -0.467 e. The lowest BCUT2D eigenvalue weighted by atomic mass is 10.0. The number of carbonyl (C=O) groups is 4. The molecule has 8 heteroatoms. The summed E-state index contributed by atoms with van der Waals surface area (Å²) in [5.41, 5.74) is 0.500. The molecular weight excluding hydrogens is 376 g/mol. The van der Waals surface area contributed by atoms with Gasteiger partial charge in [0.25, 0.3) is 17.7 Å². The predicted octanol–water partition coefficient (Wildman–Crippen LogP) is 2.15. The lowest BCUT2D eigenvalue weighted by Crippen LogP contribution is -2.50. The number of esters is 1. The molecule has 0 fully saturated rings. The number of carbonyl (C=O) groups excluding carboxylic acids is 4. The van der Waals surface area contributed by atoms with E-state index in [1.807, 2.05) is 0 Å². The van der Waals surface area contributed by atoms with Crippen LogP contribution in [0.5, 0.6) is 0 Å². The topological polar surface area (TPSA) is 106 Å². The van der Waals surface area contributed by atoms with Gasteiger partial charge in [-0.15, -0.1) is 0 Å². The molecule has 2 aromatic rings. The first kappa shape index (κ1) is 20.3. The van der Waals surface area contributed by atoms with Gasteiger partial charge in [0.2, 0.25) is 0 Å². The molecule has 0 saturated heterocycles. The summed E-state index contributed by atoms with van der Waals surface area (Å²) in [6.07, 6.45) is 0.383. The molecule has 1 aromatic carbocycles. The average Bonchev–Trinajstić information content (AvgIpc) is 3.29. The van der Waals surface area contributed by atoms with E-state index in [-0.39, 0.29) is 17.7 Å². The molecule has 0 unspecified atom stereocenters. The van der Waals surface area contributed by atoms with Crippen LogP contribution in [0.2, 0.25) is 0 Å². The molecular formula is C21H22N2O6. The fourth-order valence-corrected chi connectivity index (χ4v) is 3.16. The van der Waals surface area contributed by atoms with Gasteiger partial charge in [-0.3, -0.25) is 19.3 Å². The molecule has 0 bridgehead atoms. The van der Waals surface area contributed by atoms with Gasteiger partial charge < -0.3 is 14.5 Å². The Hall–Kier alpha value is -3.42. The second-order valence-electron chi connectivity index (χ2n) is 7.09. The van der Waals surface area contributed by atoms with Crippen LogP contribution in [0, 0.1) is 5.92 Å². The number of fused-ring (bicyclic) bond motifs is 1. The molecule has 0 spiro atoms. The number of furan rings is 1. The molecule has 2 heterocycles. The van der Waals surface area contributed by atoms with Gasteiger partial charge in [-0.2, -0.15) is 0 Å². The Morgan fingerprint density at radius 3 is 2.17 bits per heavy atom. The van der Waals surface area contributed by atoms with E-state index in [0.29, 0.717) is 5.76 Å². The van der Waals surface area contributed by atoms with Crippen molar-refractivity contribution in [1.82, 2.24) is 10.2 Å². The van der Waals surface area contributed by atoms with E-state index in [9.17, 15) is 19.2 Å². The van der Waals surface area contributed by atoms with Crippen molar-refractivity contribution in [2.45, 2.75) is 39.5 Å². The number of hydrogen-bond acceptors (Lipinski definition) is 6. The van der Waals surface area contributed by atoms with Gasteiger partial charge in [0, 0.05) is 0 Å². The van der Waals surface area contributed by atoms with Crippen molar-refractivity contribution >= 4 is 23.7 Å². The summed E-state index contributed by atoms with van der Waals surface area (Å²) >= 11 is 0. The first-order valence-corrected chi connectivity index (χ1v) is 9.28. The molecule has 3 rings (SSSR count). The van der Waals surface area contributed by atoms with Gasteiger partial charge in [0.1, 0.15) is 11.8 Å². The molecule has 3 amide bonds. The number of nitrogens with zero attached hydrogens (tertiary/aromatic N) is 1. The highest BCUT2D eigenvalue weighted by molar-refractivity contribution is 6.22. The fourth-order valence-electron chi connectivity index (χ4n) is 3.16. The van der Waals surface area contributed by atoms with Crippen LogP contribution < -0.4 is 5.32 Å². The first-order chi connectivity index (χ1) is 13.8. The van der Waals surface area contributed by atoms with Gasteiger partial charge >= 0.3 is 5.97 Å². The zero-order valence-electron chi connectivity index (χ0n) is 16.4. The number of ether oxygens (including phenoxy) is 1. The number of rotatable bonds is 7. The Bertz CT molecular complexity index is 899. The summed E-state index contributed by atoms with van der Waals surface area (Å²) < 4.78 is 10.4. The van der Waals surface area contributed by atoms with E-state index in [2.05, 4.69) is 5.32 Å². The van der Waals surface area contributed by atoms with Crippen molar-refractivity contribution in [2.24, 2.45) is 5.92 Å². The Labute approximate surface area is 167 Å². The predicted molar refractivity (Wildman–Crippen MR) is 102 cm³/mol. The molecule has 1 N–H and O–H groups in total. The van der Waals surface area contributed by atoms with Crippen LogP contribution in [-0.2, 0) is 20.9 Å². The number of nitrogens with one attached hydrogen (secondary N) is 1. The third kappa shape index (κ3) is 4.06. The molecule has 29 heavy (non-hydrogen) atoms. The molecule has 2 atom stereocenters. The molecule has 8 nitrogen and oxygen atoms in total. The second-order valence-corrected chi connectivity index (χ2v) is 7.09. The maximum absolute atomic E-state index is 12.8. The molecule has 1 aliphatic rings. The Kier molecular flexibility index (Phi) is 5.81. The van der Waals surface area contributed by atoms with Crippen LogP contribution in [0.15, 0.2) is 47.1 Å². The van der Waals surface area contributed by atoms with Crippen LogP contribution >= 0.6 is 0 Å². The number of benzene rings is 1. The third-order valence-electron chi connectivity index (χ3n) is 4.66. The zero-order chi connectivity index (χ0) is 21.1. The van der Waals surface area contributed by atoms with Crippen LogP contribution in [0.3, 0.4) is 0 Å². The summed E-state index contributed by atoms with van der Waals surface area (Å²) in [4.78, 5) is 51.4. The normalized spacial score (nSPS) is 15.2. The van der Waals surface area contributed by atoms with E-state index >= 15 is 0 Å². The monoisotopic (exact) mass is 398 g/mol. The van der Waals surface area contributed by atoms with Crippen molar-refractivity contribution in [3.63, 3.8) is 0 Å². The average molecular weight is 398 g/mol. The molecule has 0 saturated carbocycles. The molecule has 1 aromatic heterocycles. The minimum atomic E-state index is -1.14. The minimum absolute atomic E-state index is 0.153. The van der Waals surface area contributed by atoms with Gasteiger partial charge in [-0.05, 0) is 37.1 Å². The van der Waals surface area contributed by atoms with Gasteiger partial charge in [-0.1, -0.05) is 26.0 Å². The van der Waals surface area contributed by atoms with E-state index in [1.54, 1.807) is 50.2 Å². The Morgan fingerprint density at radius 1 is 1.03 bits per heavy atom. The summed E-state index contributed by atoms with van der Waals surface area (Å²) in [7, 11) is 0. The fraction of sp³-hybridized carbons (Fsp3) is 0.333. The van der Waals surface area contributed by atoms with Crippen LogP contribution in [0.4, 0.5) is 0 Å². The highest BCUT2D eigenvalue weighted by atomic mass is 16.5. The largest absolute Gasteiger partial charge is 0.467 e. The highest BCUT2D eigenvalue weighted by Gasteiger charge is 2.45. The van der Waals surface area contributed by atoms with Crippen LogP contribution in [0.1, 0.15) is 47.2 Å². The number of hydrogen-bond donors (Lipinski definition) is 1. The van der Waals surface area contributed by atoms with Crippen molar-refractivity contribution in [1.29, 1.82) is 0 Å². The molecule has 152 valence electrons. The zero-order valence-corrected chi connectivity index (χ0v) is 16.4. The van der Waals surface area contributed by atoms with E-state index in [1.165, 1.54) is 13.2 Å². The molecule has 1 aliphatic heterocycles. The summed E-state index contributed by atoms with van der Waals surface area (Å²) in [5.74, 6) is -2.26. The Balaban J connectivity index is 1.69. The van der Waals surface area contributed by atoms with Crippen molar-refractivity contribution < 1.29 is 28.3 Å². The standard InChI is InChI=1S/C21H22N2O6/c1-12(2)17(23-19(25)15-8-4-5-9-16(15)20(23)26)21(27)29-13(3)18(24)22-11-14-7-6-10-28-14/h4-10,12-13,17H,11H2,1-3H3,(H,22,24)/t13-,17+/m0/s1. The van der Waals surface area contributed by atoms with E-state index in [4.69, 9.17) is 9.15 Å². The summed E-state index contributed by atoms with van der Waals surface area (Å²) in [6, 6.07) is 8.66. The summed E-state index contributed by atoms with van der Waals surface area (Å²) in [5, 5.41) is 2.60. The van der Waals surface area contributed by atoms with Crippen molar-refractivity contribution in [3.05, 3.63) is 59.5 Å². The van der Waals surface area contributed by atoms with Gasteiger partial charge in [0.05, 0.1) is 23.9 Å². The molecule has 0 radical (unpaired) electrons. The van der Waals surface area contributed by atoms with Crippen molar-refractivity contribution in [3.8, 4) is 0 Å². The lowest BCUT2D eigenvalue weighted by molar-refractivity contribution is -0.159. The first-order valence-electron chi connectivity index (χ1n) is 9.28. The lowest BCUT2D eigenvalue weighted by Gasteiger charge is -2.28. The SMILES string of the molecule is CC(C)[C@H](C(=O)O[C@@H](C)C(=O)NCc1ccco1)N1C(=O)c2ccccc2C1=O. The third-order valence-corrected chi connectivity index (χ3v) is 4.66. The van der Waals surface area contributed by atoms with E-state index < -0.39 is 41.8 Å². The second kappa shape index (κ2) is 8.30. The quantitative estimate of drug-likeness (QED) is 0.566. The van der Waals surface area contributed by atoms with Crippen LogP contribution in [-0.4, -0.2) is 40.7 Å². The highest BCUT2D eigenvalue weighted by Crippen LogP contribution is 2.27. The number of amides is 3. The maximum Gasteiger partial charge on any atom is 0.330 e. The maximum atomic E-state index is 12.8. The van der Waals surface area contributed by atoms with Crippen molar-refractivity contribution in [2.75, 3.05) is 0 Å². The number of imide groups is 1. The summed E-state index contributed by atoms with van der Waals surface area (Å²) in [6.45, 7) is 4.99. The smallest absolute Gasteiger partial charge is 0.330 e. The van der Waals surface area contributed by atoms with E-state index in [0.717, 1.165) is 4.90 Å². The van der Waals surface area contributed by atoms with Crippen LogP contribution in [0.25, 0.3) is 0 Å². The van der Waals surface area contributed by atoms with Gasteiger partial charge in [-0.25, -0.2) is 4.79 Å².